The topological polar surface area (TPSA) is 111 Å². The lowest BCUT2D eigenvalue weighted by Gasteiger charge is -2.35. The van der Waals surface area contributed by atoms with Gasteiger partial charge in [-0.05, 0) is 34.0 Å². The molecule has 0 aromatic carbocycles. The van der Waals surface area contributed by atoms with Crippen LogP contribution in [0, 0.1) is 0 Å². The fourth-order valence-electron chi connectivity index (χ4n) is 3.47. The van der Waals surface area contributed by atoms with E-state index in [0.29, 0.717) is 28.7 Å². The van der Waals surface area contributed by atoms with Gasteiger partial charge in [-0.15, -0.1) is 0 Å². The molecule has 1 aliphatic rings. The lowest BCUT2D eigenvalue weighted by atomic mass is 10.0. The summed E-state index contributed by atoms with van der Waals surface area (Å²) in [5.41, 5.74) is 0.271. The molecule has 1 atom stereocenters. The molecule has 0 aliphatic carbocycles. The van der Waals surface area contributed by atoms with Gasteiger partial charge in [0.25, 0.3) is 11.5 Å². The maximum atomic E-state index is 13.5. The molecule has 0 bridgehead atoms. The van der Waals surface area contributed by atoms with E-state index in [9.17, 15) is 14.4 Å². The third kappa shape index (κ3) is 4.32. The van der Waals surface area contributed by atoms with Crippen molar-refractivity contribution < 1.29 is 14.3 Å². The summed E-state index contributed by atoms with van der Waals surface area (Å²) in [6, 6.07) is -0.224. The van der Waals surface area contributed by atoms with Crippen molar-refractivity contribution in [3.8, 4) is 5.82 Å². The summed E-state index contributed by atoms with van der Waals surface area (Å²) >= 11 is 1.31. The number of imidazole rings is 1. The molecule has 10 nitrogen and oxygen atoms in total. The fraction of sp³-hybridized carbons (Fsp3) is 0.550. The number of nitrogens with zero attached hydrogens (tertiary/aromatic N) is 5. The van der Waals surface area contributed by atoms with Crippen molar-refractivity contribution in [2.75, 3.05) is 13.3 Å². The average molecular weight is 449 g/mol. The van der Waals surface area contributed by atoms with Crippen LogP contribution in [0.4, 0.5) is 4.79 Å². The van der Waals surface area contributed by atoms with E-state index in [4.69, 9.17) is 4.74 Å². The first kappa shape index (κ1) is 22.9. The molecule has 31 heavy (non-hydrogen) atoms. The molecule has 0 fully saturated rings. The second-order valence-corrected chi connectivity index (χ2v) is 9.18. The van der Waals surface area contributed by atoms with Crippen LogP contribution in [0.5, 0.6) is 0 Å². The van der Waals surface area contributed by atoms with E-state index in [1.807, 2.05) is 34.0 Å². The molecule has 0 unspecified atom stereocenters. The van der Waals surface area contributed by atoms with Crippen LogP contribution in [0.3, 0.4) is 0 Å². The Kier molecular flexibility index (Phi) is 6.17. The Balaban J connectivity index is 2.07. The Morgan fingerprint density at radius 1 is 1.32 bits per heavy atom. The molecule has 168 valence electrons. The first-order valence-electron chi connectivity index (χ1n) is 9.91. The van der Waals surface area contributed by atoms with Crippen molar-refractivity contribution in [1.82, 2.24) is 29.3 Å². The Hall–Kier alpha value is -2.82. The van der Waals surface area contributed by atoms with Crippen LogP contribution in [0.1, 0.15) is 49.6 Å². The third-order valence-electron chi connectivity index (χ3n) is 5.02. The van der Waals surface area contributed by atoms with Gasteiger partial charge in [-0.1, -0.05) is 11.8 Å². The van der Waals surface area contributed by atoms with E-state index in [1.54, 1.807) is 16.5 Å². The van der Waals surface area contributed by atoms with E-state index >= 15 is 0 Å². The molecular formula is C20H28N6O4S. The molecule has 1 N–H and O–H groups in total. The predicted octanol–water partition coefficient (Wildman–Crippen LogP) is 1.73. The van der Waals surface area contributed by atoms with E-state index in [2.05, 4.69) is 15.3 Å². The Morgan fingerprint density at radius 2 is 2.00 bits per heavy atom. The molecule has 0 spiro atoms. The maximum absolute atomic E-state index is 13.5. The van der Waals surface area contributed by atoms with Gasteiger partial charge in [0.1, 0.15) is 11.4 Å². The number of hydrogen-bond donors (Lipinski definition) is 1. The fourth-order valence-corrected chi connectivity index (χ4v) is 4.03. The van der Waals surface area contributed by atoms with Crippen LogP contribution in [0.15, 0.2) is 16.1 Å². The van der Waals surface area contributed by atoms with E-state index < -0.39 is 11.7 Å². The van der Waals surface area contributed by atoms with Crippen LogP contribution >= 0.6 is 11.8 Å². The monoisotopic (exact) mass is 448 g/mol. The number of fused-ring (bicyclic) bond motifs is 1. The van der Waals surface area contributed by atoms with E-state index in [0.717, 1.165) is 0 Å². The first-order valence-corrected chi connectivity index (χ1v) is 11.1. The minimum absolute atomic E-state index is 0.193. The Morgan fingerprint density at radius 3 is 2.58 bits per heavy atom. The molecule has 3 rings (SSSR count). The second-order valence-electron chi connectivity index (χ2n) is 8.40. The van der Waals surface area contributed by atoms with Gasteiger partial charge in [-0.3, -0.25) is 14.5 Å². The van der Waals surface area contributed by atoms with Gasteiger partial charge in [0, 0.05) is 32.1 Å². The number of amides is 2. The summed E-state index contributed by atoms with van der Waals surface area (Å²) in [6.07, 6.45) is 3.23. The lowest BCUT2D eigenvalue weighted by Crippen LogP contribution is -2.47. The summed E-state index contributed by atoms with van der Waals surface area (Å²) in [5.74, 6) is 0.296. The Labute approximate surface area is 185 Å². The molecule has 0 saturated heterocycles. The third-order valence-corrected chi connectivity index (χ3v) is 5.66. The highest BCUT2D eigenvalue weighted by Crippen LogP contribution is 2.25. The molecule has 0 radical (unpaired) electrons. The summed E-state index contributed by atoms with van der Waals surface area (Å²) in [7, 11) is 3.20. The van der Waals surface area contributed by atoms with Crippen molar-refractivity contribution >= 4 is 23.8 Å². The second kappa shape index (κ2) is 8.37. The van der Waals surface area contributed by atoms with Crippen molar-refractivity contribution in [1.29, 1.82) is 0 Å². The molecule has 3 heterocycles. The number of thioether (sulfide) groups is 1. The number of ether oxygens (including phenoxy) is 1. The smallest absolute Gasteiger partial charge is 0.410 e. The van der Waals surface area contributed by atoms with Crippen LogP contribution in [0.2, 0.25) is 0 Å². The first-order chi connectivity index (χ1) is 14.5. The highest BCUT2D eigenvalue weighted by molar-refractivity contribution is 7.98. The van der Waals surface area contributed by atoms with Crippen LogP contribution in [-0.4, -0.2) is 60.9 Å². The highest BCUT2D eigenvalue weighted by atomic mass is 32.2. The minimum atomic E-state index is -0.611. The van der Waals surface area contributed by atoms with Gasteiger partial charge in [-0.2, -0.15) is 0 Å². The number of carbonyl (C=O) groups is 2. The number of carbonyl (C=O) groups excluding carboxylic acids is 2. The molecule has 2 aromatic heterocycles. The number of nitrogens with one attached hydrogen (secondary N) is 1. The quantitative estimate of drug-likeness (QED) is 0.562. The lowest BCUT2D eigenvalue weighted by molar-refractivity contribution is 0.0132. The van der Waals surface area contributed by atoms with Crippen LogP contribution < -0.4 is 10.9 Å². The van der Waals surface area contributed by atoms with Crippen LogP contribution in [0.25, 0.3) is 5.82 Å². The SMILES string of the molecule is CNC(=O)c1ncc(-n2c(SC)nc3c(c2=O)C[C@@H](C)N(C(=O)OC(C)(C)C)C3)n1C. The summed E-state index contributed by atoms with van der Waals surface area (Å²) in [6.45, 7) is 7.53. The summed E-state index contributed by atoms with van der Waals surface area (Å²) in [4.78, 5) is 48.6. The Bertz CT molecular complexity index is 1080. The van der Waals surface area contributed by atoms with E-state index in [1.165, 1.54) is 29.6 Å². The van der Waals surface area contributed by atoms with Crippen molar-refractivity contribution in [2.24, 2.45) is 7.05 Å². The molecule has 0 saturated carbocycles. The van der Waals surface area contributed by atoms with Crippen molar-refractivity contribution in [3.63, 3.8) is 0 Å². The molecule has 11 heteroatoms. The largest absolute Gasteiger partial charge is 0.444 e. The normalized spacial score (nSPS) is 16.1. The van der Waals surface area contributed by atoms with Crippen molar-refractivity contribution in [2.45, 2.75) is 57.5 Å². The van der Waals surface area contributed by atoms with Gasteiger partial charge in [0.15, 0.2) is 11.0 Å². The van der Waals surface area contributed by atoms with Gasteiger partial charge in [0.2, 0.25) is 0 Å². The van der Waals surface area contributed by atoms with Gasteiger partial charge >= 0.3 is 6.09 Å². The molecule has 2 amide bonds. The van der Waals surface area contributed by atoms with Crippen molar-refractivity contribution in [3.05, 3.63) is 33.6 Å². The summed E-state index contributed by atoms with van der Waals surface area (Å²) < 4.78 is 8.55. The van der Waals surface area contributed by atoms with Gasteiger partial charge in [0.05, 0.1) is 18.4 Å². The number of rotatable bonds is 3. The zero-order valence-electron chi connectivity index (χ0n) is 18.8. The van der Waals surface area contributed by atoms with E-state index in [-0.39, 0.29) is 29.9 Å². The number of hydrogen-bond acceptors (Lipinski definition) is 7. The predicted molar refractivity (Wildman–Crippen MR) is 117 cm³/mol. The molecular weight excluding hydrogens is 420 g/mol. The average Bonchev–Trinajstić information content (AvgIpc) is 3.06. The zero-order valence-corrected chi connectivity index (χ0v) is 19.7. The number of aromatic nitrogens is 4. The maximum Gasteiger partial charge on any atom is 0.410 e. The van der Waals surface area contributed by atoms with Crippen LogP contribution in [-0.2, 0) is 24.8 Å². The highest BCUT2D eigenvalue weighted by Gasteiger charge is 2.34. The molecule has 1 aliphatic heterocycles. The zero-order chi connectivity index (χ0) is 23.1. The van der Waals surface area contributed by atoms with Gasteiger partial charge < -0.3 is 14.6 Å². The summed E-state index contributed by atoms with van der Waals surface area (Å²) in [5, 5.41) is 2.99. The standard InChI is InChI=1S/C20H28N6O4S/c1-11-8-12-13(10-25(11)19(29)30-20(2,3)4)23-18(31-7)26(17(12)28)14-9-22-15(24(14)6)16(27)21-5/h9,11H,8,10H2,1-7H3,(H,21,27)/t11-/m1/s1. The van der Waals surface area contributed by atoms with Gasteiger partial charge in [-0.25, -0.2) is 19.3 Å². The minimum Gasteiger partial charge on any atom is -0.444 e. The molecule has 2 aromatic rings.